The first-order valence-electron chi connectivity index (χ1n) is 5.99. The van der Waals surface area contributed by atoms with Crippen LogP contribution in [0.25, 0.3) is 0 Å². The van der Waals surface area contributed by atoms with Gasteiger partial charge >= 0.3 is 0 Å². The first kappa shape index (κ1) is 12.3. The number of rotatable bonds is 3. The molecular weight excluding hydrogens is 221 g/mol. The summed E-state index contributed by atoms with van der Waals surface area (Å²) in [6.07, 6.45) is 2.37. The summed E-state index contributed by atoms with van der Waals surface area (Å²) in [5.41, 5.74) is -0.766. The Bertz CT molecular complexity index is 345. The Hall–Kier alpha value is -1.13. The third-order valence-corrected chi connectivity index (χ3v) is 3.08. The van der Waals surface area contributed by atoms with Gasteiger partial charge in [0.25, 0.3) is 0 Å². The topological polar surface area (TPSA) is 41.5 Å². The summed E-state index contributed by atoms with van der Waals surface area (Å²) in [4.78, 5) is 0. The summed E-state index contributed by atoms with van der Waals surface area (Å²) in [6, 6.07) is 5.86. The third-order valence-electron chi connectivity index (χ3n) is 3.08. The van der Waals surface area contributed by atoms with Crippen molar-refractivity contribution in [3.8, 4) is 5.75 Å². The molecule has 17 heavy (non-hydrogen) atoms. The highest BCUT2D eigenvalue weighted by atomic mass is 19.1. The van der Waals surface area contributed by atoms with Gasteiger partial charge in [-0.1, -0.05) is 0 Å². The quantitative estimate of drug-likeness (QED) is 0.843. The summed E-state index contributed by atoms with van der Waals surface area (Å²) >= 11 is 0. The van der Waals surface area contributed by atoms with Gasteiger partial charge < -0.3 is 15.2 Å². The summed E-state index contributed by atoms with van der Waals surface area (Å²) < 4.78 is 18.2. The van der Waals surface area contributed by atoms with Gasteiger partial charge in [-0.15, -0.1) is 0 Å². The molecule has 1 heterocycles. The van der Waals surface area contributed by atoms with Gasteiger partial charge in [-0.3, -0.25) is 0 Å². The molecule has 1 atom stereocenters. The fraction of sp³-hybridized carbons (Fsp3) is 0.538. The molecule has 1 aromatic carbocycles. The van der Waals surface area contributed by atoms with Crippen molar-refractivity contribution in [3.63, 3.8) is 0 Å². The van der Waals surface area contributed by atoms with E-state index in [9.17, 15) is 9.50 Å². The Morgan fingerprint density at radius 2 is 2.00 bits per heavy atom. The highest BCUT2D eigenvalue weighted by Gasteiger charge is 2.28. The molecular formula is C13H18FNO2. The van der Waals surface area contributed by atoms with Crippen molar-refractivity contribution in [1.29, 1.82) is 0 Å². The Morgan fingerprint density at radius 3 is 2.76 bits per heavy atom. The van der Waals surface area contributed by atoms with Gasteiger partial charge in [0.15, 0.2) is 0 Å². The van der Waals surface area contributed by atoms with Crippen LogP contribution in [0.4, 0.5) is 4.39 Å². The molecule has 4 heteroatoms. The molecule has 2 rings (SSSR count). The number of hydrogen-bond acceptors (Lipinski definition) is 3. The van der Waals surface area contributed by atoms with Crippen LogP contribution in [-0.4, -0.2) is 30.4 Å². The van der Waals surface area contributed by atoms with Crippen LogP contribution >= 0.6 is 0 Å². The van der Waals surface area contributed by atoms with Gasteiger partial charge in [0, 0.05) is 0 Å². The number of benzene rings is 1. The second kappa shape index (κ2) is 5.47. The zero-order valence-electron chi connectivity index (χ0n) is 9.79. The highest BCUT2D eigenvalue weighted by molar-refractivity contribution is 5.22. The SMILES string of the molecule is O[C@]1(COc2ccc(F)cc2)CCCNCC1. The van der Waals surface area contributed by atoms with Crippen molar-refractivity contribution in [2.45, 2.75) is 24.9 Å². The van der Waals surface area contributed by atoms with E-state index in [1.807, 2.05) is 0 Å². The lowest BCUT2D eigenvalue weighted by atomic mass is 9.96. The van der Waals surface area contributed by atoms with Crippen LogP contribution in [0.5, 0.6) is 5.75 Å². The summed E-state index contributed by atoms with van der Waals surface area (Å²) in [7, 11) is 0. The average Bonchev–Trinajstić information content (AvgIpc) is 2.54. The zero-order valence-corrected chi connectivity index (χ0v) is 9.79. The molecule has 94 valence electrons. The van der Waals surface area contributed by atoms with E-state index >= 15 is 0 Å². The molecule has 0 aliphatic carbocycles. The van der Waals surface area contributed by atoms with E-state index in [0.29, 0.717) is 12.2 Å². The van der Waals surface area contributed by atoms with E-state index in [1.165, 1.54) is 12.1 Å². The lowest BCUT2D eigenvalue weighted by molar-refractivity contribution is -0.0147. The maximum absolute atomic E-state index is 12.7. The van der Waals surface area contributed by atoms with Crippen LogP contribution in [0.3, 0.4) is 0 Å². The van der Waals surface area contributed by atoms with Gasteiger partial charge in [-0.25, -0.2) is 4.39 Å². The van der Waals surface area contributed by atoms with Crippen molar-refractivity contribution in [1.82, 2.24) is 5.32 Å². The molecule has 0 radical (unpaired) electrons. The third kappa shape index (κ3) is 3.68. The molecule has 3 nitrogen and oxygen atoms in total. The van der Waals surface area contributed by atoms with Crippen molar-refractivity contribution in [2.24, 2.45) is 0 Å². The summed E-state index contributed by atoms with van der Waals surface area (Å²) in [5, 5.41) is 13.6. The van der Waals surface area contributed by atoms with E-state index < -0.39 is 5.60 Å². The molecule has 1 aliphatic rings. The minimum Gasteiger partial charge on any atom is -0.491 e. The normalized spacial score (nSPS) is 25.3. The summed E-state index contributed by atoms with van der Waals surface area (Å²) in [6.45, 7) is 2.02. The lowest BCUT2D eigenvalue weighted by Gasteiger charge is -2.26. The minimum absolute atomic E-state index is 0.264. The molecule has 1 aromatic rings. The van der Waals surface area contributed by atoms with E-state index in [0.717, 1.165) is 25.9 Å². The molecule has 1 saturated heterocycles. The standard InChI is InChI=1S/C13H18FNO2/c14-11-2-4-12(5-3-11)17-10-13(16)6-1-8-15-9-7-13/h2-5,15-16H,1,6-10H2/t13-/m1/s1. The van der Waals surface area contributed by atoms with Crippen molar-refractivity contribution in [3.05, 3.63) is 30.1 Å². The second-order valence-electron chi connectivity index (χ2n) is 4.57. The Kier molecular flexibility index (Phi) is 3.97. The summed E-state index contributed by atoms with van der Waals surface area (Å²) in [5.74, 6) is 0.312. The minimum atomic E-state index is -0.766. The second-order valence-corrected chi connectivity index (χ2v) is 4.57. The number of nitrogens with one attached hydrogen (secondary N) is 1. The molecule has 0 spiro atoms. The maximum atomic E-state index is 12.7. The molecule has 0 amide bonds. The van der Waals surface area contributed by atoms with Crippen molar-refractivity contribution in [2.75, 3.05) is 19.7 Å². The molecule has 0 aromatic heterocycles. The van der Waals surface area contributed by atoms with E-state index in [4.69, 9.17) is 4.74 Å². The highest BCUT2D eigenvalue weighted by Crippen LogP contribution is 2.21. The first-order valence-corrected chi connectivity index (χ1v) is 5.99. The van der Waals surface area contributed by atoms with Crippen LogP contribution in [0.1, 0.15) is 19.3 Å². The van der Waals surface area contributed by atoms with Crippen LogP contribution in [-0.2, 0) is 0 Å². The first-order chi connectivity index (χ1) is 8.18. The van der Waals surface area contributed by atoms with E-state index in [2.05, 4.69) is 5.32 Å². The van der Waals surface area contributed by atoms with Crippen molar-refractivity contribution >= 4 is 0 Å². The molecule has 1 fully saturated rings. The van der Waals surface area contributed by atoms with Gasteiger partial charge in [0.2, 0.25) is 0 Å². The largest absolute Gasteiger partial charge is 0.491 e. The zero-order chi connectivity index (χ0) is 12.1. The number of halogens is 1. The van der Waals surface area contributed by atoms with Crippen LogP contribution in [0, 0.1) is 5.82 Å². The van der Waals surface area contributed by atoms with E-state index in [1.54, 1.807) is 12.1 Å². The fourth-order valence-corrected chi connectivity index (χ4v) is 2.01. The predicted molar refractivity (Wildman–Crippen MR) is 63.6 cm³/mol. The van der Waals surface area contributed by atoms with E-state index in [-0.39, 0.29) is 12.4 Å². The van der Waals surface area contributed by atoms with Crippen LogP contribution < -0.4 is 10.1 Å². The smallest absolute Gasteiger partial charge is 0.123 e. The van der Waals surface area contributed by atoms with Gasteiger partial charge in [0.05, 0.1) is 5.60 Å². The molecule has 0 bridgehead atoms. The van der Waals surface area contributed by atoms with Gasteiger partial charge in [0.1, 0.15) is 18.2 Å². The van der Waals surface area contributed by atoms with Crippen molar-refractivity contribution < 1.29 is 14.2 Å². The Labute approximate surface area is 101 Å². The average molecular weight is 239 g/mol. The lowest BCUT2D eigenvalue weighted by Crippen LogP contribution is -2.36. The Balaban J connectivity index is 1.89. The maximum Gasteiger partial charge on any atom is 0.123 e. The Morgan fingerprint density at radius 1 is 1.24 bits per heavy atom. The predicted octanol–water partition coefficient (Wildman–Crippen LogP) is 1.71. The molecule has 1 aliphatic heterocycles. The number of ether oxygens (including phenoxy) is 1. The monoisotopic (exact) mass is 239 g/mol. The number of hydrogen-bond donors (Lipinski definition) is 2. The fourth-order valence-electron chi connectivity index (χ4n) is 2.01. The molecule has 2 N–H and O–H groups in total. The molecule has 0 saturated carbocycles. The molecule has 0 unspecified atom stereocenters. The van der Waals surface area contributed by atoms with Gasteiger partial charge in [-0.05, 0) is 56.6 Å². The van der Waals surface area contributed by atoms with Gasteiger partial charge in [-0.2, -0.15) is 0 Å². The van der Waals surface area contributed by atoms with Crippen LogP contribution in [0.15, 0.2) is 24.3 Å². The number of aliphatic hydroxyl groups is 1. The van der Waals surface area contributed by atoms with Crippen LogP contribution in [0.2, 0.25) is 0 Å².